The number of ether oxygens (including phenoxy) is 2. The number of benzene rings is 1. The molecule has 1 aliphatic heterocycles. The zero-order chi connectivity index (χ0) is 15.2. The minimum Gasteiger partial charge on any atom is -0.492 e. The van der Waals surface area contributed by atoms with Crippen LogP contribution in [0.2, 0.25) is 0 Å². The summed E-state index contributed by atoms with van der Waals surface area (Å²) in [6.45, 7) is 13.3. The van der Waals surface area contributed by atoms with Gasteiger partial charge >= 0.3 is 0 Å². The molecule has 0 aromatic heterocycles. The SMILES string of the molecule is CC.CC.Nc1cccc(OCCN2CCOCC2)c1. The summed E-state index contributed by atoms with van der Waals surface area (Å²) in [6.07, 6.45) is 0. The first-order chi connectivity index (χ1) is 9.84. The molecule has 0 bridgehead atoms. The number of nitrogens with two attached hydrogens (primary N) is 1. The van der Waals surface area contributed by atoms with Crippen molar-refractivity contribution in [1.82, 2.24) is 4.90 Å². The Bertz CT molecular complexity index is 326. The second-order valence-electron chi connectivity index (χ2n) is 3.87. The molecule has 20 heavy (non-hydrogen) atoms. The monoisotopic (exact) mass is 282 g/mol. The van der Waals surface area contributed by atoms with Gasteiger partial charge in [-0.05, 0) is 12.1 Å². The van der Waals surface area contributed by atoms with Gasteiger partial charge in [0, 0.05) is 31.4 Å². The molecule has 0 saturated carbocycles. The van der Waals surface area contributed by atoms with Crippen LogP contribution in [-0.2, 0) is 4.74 Å². The molecule has 4 heteroatoms. The Morgan fingerprint density at radius 3 is 2.40 bits per heavy atom. The Labute approximate surface area is 123 Å². The molecular formula is C16H30N2O2. The molecule has 2 N–H and O–H groups in total. The summed E-state index contributed by atoms with van der Waals surface area (Å²) in [5, 5.41) is 0. The van der Waals surface area contributed by atoms with E-state index in [1.165, 1.54) is 0 Å². The highest BCUT2D eigenvalue weighted by atomic mass is 16.5. The standard InChI is InChI=1S/C12H18N2O2.2C2H6/c13-11-2-1-3-12(10-11)16-9-6-14-4-7-15-8-5-14;2*1-2/h1-3,10H,4-9,13H2;2*1-2H3. The van der Waals surface area contributed by atoms with E-state index < -0.39 is 0 Å². The molecule has 0 unspecified atom stereocenters. The Morgan fingerprint density at radius 1 is 1.15 bits per heavy atom. The fourth-order valence-corrected chi connectivity index (χ4v) is 1.72. The molecule has 1 fully saturated rings. The van der Waals surface area contributed by atoms with Crippen LogP contribution in [-0.4, -0.2) is 44.4 Å². The van der Waals surface area contributed by atoms with Crippen LogP contribution in [0.15, 0.2) is 24.3 Å². The van der Waals surface area contributed by atoms with E-state index in [1.807, 2.05) is 52.0 Å². The van der Waals surface area contributed by atoms with Crippen LogP contribution in [0.3, 0.4) is 0 Å². The molecule has 1 heterocycles. The van der Waals surface area contributed by atoms with Crippen molar-refractivity contribution in [2.75, 3.05) is 45.2 Å². The van der Waals surface area contributed by atoms with Gasteiger partial charge in [-0.25, -0.2) is 0 Å². The Balaban J connectivity index is 0.000000829. The number of rotatable bonds is 4. The average molecular weight is 282 g/mol. The first-order valence-corrected chi connectivity index (χ1v) is 7.63. The summed E-state index contributed by atoms with van der Waals surface area (Å²) in [6, 6.07) is 7.53. The van der Waals surface area contributed by atoms with Gasteiger partial charge in [0.2, 0.25) is 0 Å². The molecule has 0 amide bonds. The van der Waals surface area contributed by atoms with Crippen LogP contribution in [0, 0.1) is 0 Å². The van der Waals surface area contributed by atoms with E-state index in [9.17, 15) is 0 Å². The second kappa shape index (κ2) is 12.8. The normalized spacial score (nSPS) is 14.4. The lowest BCUT2D eigenvalue weighted by atomic mass is 10.3. The molecule has 0 atom stereocenters. The summed E-state index contributed by atoms with van der Waals surface area (Å²) in [5.41, 5.74) is 6.41. The maximum atomic E-state index is 5.67. The smallest absolute Gasteiger partial charge is 0.121 e. The summed E-state index contributed by atoms with van der Waals surface area (Å²) >= 11 is 0. The highest BCUT2D eigenvalue weighted by Crippen LogP contribution is 2.14. The molecule has 116 valence electrons. The summed E-state index contributed by atoms with van der Waals surface area (Å²) in [4.78, 5) is 2.34. The van der Waals surface area contributed by atoms with E-state index in [-0.39, 0.29) is 0 Å². The predicted molar refractivity (Wildman–Crippen MR) is 86.3 cm³/mol. The molecule has 1 aliphatic rings. The summed E-state index contributed by atoms with van der Waals surface area (Å²) in [7, 11) is 0. The van der Waals surface area contributed by atoms with Crippen LogP contribution in [0.1, 0.15) is 27.7 Å². The third kappa shape index (κ3) is 8.02. The number of hydrogen-bond acceptors (Lipinski definition) is 4. The quantitative estimate of drug-likeness (QED) is 0.862. The van der Waals surface area contributed by atoms with Crippen molar-refractivity contribution in [2.24, 2.45) is 0 Å². The Morgan fingerprint density at radius 2 is 1.80 bits per heavy atom. The van der Waals surface area contributed by atoms with Crippen molar-refractivity contribution in [3.8, 4) is 5.75 Å². The fraction of sp³-hybridized carbons (Fsp3) is 0.625. The summed E-state index contributed by atoms with van der Waals surface area (Å²) in [5.74, 6) is 0.841. The van der Waals surface area contributed by atoms with Crippen molar-refractivity contribution in [3.05, 3.63) is 24.3 Å². The number of hydrogen-bond donors (Lipinski definition) is 1. The molecule has 1 saturated heterocycles. The van der Waals surface area contributed by atoms with Gasteiger partial charge < -0.3 is 15.2 Å². The van der Waals surface area contributed by atoms with Gasteiger partial charge in [-0.1, -0.05) is 33.8 Å². The minimum atomic E-state index is 0.698. The minimum absolute atomic E-state index is 0.698. The predicted octanol–water partition coefficient (Wildman–Crippen LogP) is 3.03. The van der Waals surface area contributed by atoms with E-state index in [0.717, 1.165) is 44.3 Å². The van der Waals surface area contributed by atoms with Crippen LogP contribution in [0.25, 0.3) is 0 Å². The topological polar surface area (TPSA) is 47.7 Å². The Kier molecular flexibility index (Phi) is 12.0. The number of anilines is 1. The second-order valence-corrected chi connectivity index (χ2v) is 3.87. The zero-order valence-electron chi connectivity index (χ0n) is 13.4. The lowest BCUT2D eigenvalue weighted by Crippen LogP contribution is -2.38. The van der Waals surface area contributed by atoms with Crippen LogP contribution in [0.5, 0.6) is 5.75 Å². The number of nitrogen functional groups attached to an aromatic ring is 1. The highest BCUT2D eigenvalue weighted by Gasteiger charge is 2.09. The Hall–Kier alpha value is -1.26. The van der Waals surface area contributed by atoms with Gasteiger partial charge in [0.1, 0.15) is 12.4 Å². The van der Waals surface area contributed by atoms with Crippen molar-refractivity contribution in [1.29, 1.82) is 0 Å². The molecule has 2 rings (SSSR count). The maximum absolute atomic E-state index is 5.67. The van der Waals surface area contributed by atoms with Crippen LogP contribution < -0.4 is 10.5 Å². The first-order valence-electron chi connectivity index (χ1n) is 7.63. The largest absolute Gasteiger partial charge is 0.492 e. The van der Waals surface area contributed by atoms with Gasteiger partial charge in [0.15, 0.2) is 0 Å². The molecule has 0 aliphatic carbocycles. The fourth-order valence-electron chi connectivity index (χ4n) is 1.72. The average Bonchev–Trinajstić information content (AvgIpc) is 2.52. The third-order valence-electron chi connectivity index (χ3n) is 2.64. The van der Waals surface area contributed by atoms with Crippen LogP contribution in [0.4, 0.5) is 5.69 Å². The van der Waals surface area contributed by atoms with E-state index in [4.69, 9.17) is 15.2 Å². The van der Waals surface area contributed by atoms with E-state index >= 15 is 0 Å². The molecule has 0 radical (unpaired) electrons. The van der Waals surface area contributed by atoms with Gasteiger partial charge in [-0.15, -0.1) is 0 Å². The van der Waals surface area contributed by atoms with Crippen molar-refractivity contribution >= 4 is 5.69 Å². The van der Waals surface area contributed by atoms with Crippen molar-refractivity contribution in [3.63, 3.8) is 0 Å². The molecule has 4 nitrogen and oxygen atoms in total. The first kappa shape index (κ1) is 18.7. The maximum Gasteiger partial charge on any atom is 0.121 e. The molecule has 1 aromatic rings. The third-order valence-corrected chi connectivity index (χ3v) is 2.64. The lowest BCUT2D eigenvalue weighted by Gasteiger charge is -2.26. The number of nitrogens with zero attached hydrogens (tertiary/aromatic N) is 1. The highest BCUT2D eigenvalue weighted by molar-refractivity contribution is 5.43. The molecular weight excluding hydrogens is 252 g/mol. The van der Waals surface area contributed by atoms with Crippen molar-refractivity contribution < 1.29 is 9.47 Å². The molecule has 0 spiro atoms. The van der Waals surface area contributed by atoms with Gasteiger partial charge in [-0.2, -0.15) is 0 Å². The van der Waals surface area contributed by atoms with Gasteiger partial charge in [0.05, 0.1) is 13.2 Å². The van der Waals surface area contributed by atoms with Gasteiger partial charge in [-0.3, -0.25) is 4.90 Å². The van der Waals surface area contributed by atoms with E-state index in [1.54, 1.807) is 0 Å². The van der Waals surface area contributed by atoms with Crippen LogP contribution >= 0.6 is 0 Å². The van der Waals surface area contributed by atoms with E-state index in [0.29, 0.717) is 6.61 Å². The number of morpholine rings is 1. The van der Waals surface area contributed by atoms with E-state index in [2.05, 4.69) is 4.90 Å². The van der Waals surface area contributed by atoms with Crippen molar-refractivity contribution in [2.45, 2.75) is 27.7 Å². The lowest BCUT2D eigenvalue weighted by molar-refractivity contribution is 0.0322. The summed E-state index contributed by atoms with van der Waals surface area (Å²) < 4.78 is 10.9. The zero-order valence-corrected chi connectivity index (χ0v) is 13.4. The molecule has 1 aromatic carbocycles. The van der Waals surface area contributed by atoms with Gasteiger partial charge in [0.25, 0.3) is 0 Å².